The van der Waals surface area contributed by atoms with Crippen LogP contribution < -0.4 is 10.1 Å². The van der Waals surface area contributed by atoms with Crippen LogP contribution in [0.5, 0.6) is 5.88 Å². The van der Waals surface area contributed by atoms with E-state index in [0.29, 0.717) is 18.3 Å². The highest BCUT2D eigenvalue weighted by Gasteiger charge is 2.04. The van der Waals surface area contributed by atoms with Crippen LogP contribution in [0.15, 0.2) is 22.9 Å². The standard InChI is InChI=1S/C12H16N4O2/c1-9-15-11(16-18-9)5-7-13-8-10-4-3-6-14-12(10)17-2/h3-4,6,13H,5,7-8H2,1-2H3. The first-order valence-corrected chi connectivity index (χ1v) is 5.77. The molecule has 0 amide bonds. The molecule has 0 saturated heterocycles. The Hall–Kier alpha value is -1.95. The quantitative estimate of drug-likeness (QED) is 0.772. The average Bonchev–Trinajstić information content (AvgIpc) is 2.81. The van der Waals surface area contributed by atoms with E-state index in [0.717, 1.165) is 24.4 Å². The van der Waals surface area contributed by atoms with Gasteiger partial charge in [0.15, 0.2) is 5.82 Å². The number of hydrogen-bond acceptors (Lipinski definition) is 6. The minimum atomic E-state index is 0.596. The lowest BCUT2D eigenvalue weighted by atomic mass is 10.2. The van der Waals surface area contributed by atoms with Crippen molar-refractivity contribution in [2.75, 3.05) is 13.7 Å². The van der Waals surface area contributed by atoms with Crippen LogP contribution >= 0.6 is 0 Å². The van der Waals surface area contributed by atoms with E-state index in [1.165, 1.54) is 0 Å². The molecular weight excluding hydrogens is 232 g/mol. The Labute approximate surface area is 105 Å². The summed E-state index contributed by atoms with van der Waals surface area (Å²) in [5.41, 5.74) is 1.03. The zero-order chi connectivity index (χ0) is 12.8. The third kappa shape index (κ3) is 3.27. The average molecular weight is 248 g/mol. The minimum absolute atomic E-state index is 0.596. The number of ether oxygens (including phenoxy) is 1. The fraction of sp³-hybridized carbons (Fsp3) is 0.417. The lowest BCUT2D eigenvalue weighted by Crippen LogP contribution is -2.17. The van der Waals surface area contributed by atoms with Gasteiger partial charge < -0.3 is 14.6 Å². The van der Waals surface area contributed by atoms with Gasteiger partial charge in [0.25, 0.3) is 0 Å². The second kappa shape index (κ2) is 6.11. The summed E-state index contributed by atoms with van der Waals surface area (Å²) in [6.07, 6.45) is 2.45. The number of nitrogens with one attached hydrogen (secondary N) is 1. The number of pyridine rings is 1. The number of nitrogens with zero attached hydrogens (tertiary/aromatic N) is 3. The van der Waals surface area contributed by atoms with Gasteiger partial charge in [-0.15, -0.1) is 0 Å². The van der Waals surface area contributed by atoms with Crippen molar-refractivity contribution in [1.29, 1.82) is 0 Å². The molecule has 0 bridgehead atoms. The number of rotatable bonds is 6. The van der Waals surface area contributed by atoms with Gasteiger partial charge in [0.05, 0.1) is 7.11 Å². The Bertz CT molecular complexity index is 498. The maximum absolute atomic E-state index is 5.17. The van der Waals surface area contributed by atoms with Gasteiger partial charge in [0, 0.05) is 38.2 Å². The lowest BCUT2D eigenvalue weighted by molar-refractivity contribution is 0.385. The van der Waals surface area contributed by atoms with Gasteiger partial charge in [0.2, 0.25) is 11.8 Å². The molecule has 0 spiro atoms. The number of hydrogen-bond donors (Lipinski definition) is 1. The van der Waals surface area contributed by atoms with E-state index >= 15 is 0 Å². The first-order chi connectivity index (χ1) is 8.79. The smallest absolute Gasteiger partial charge is 0.223 e. The molecule has 0 aromatic carbocycles. The highest BCUT2D eigenvalue weighted by Crippen LogP contribution is 2.12. The predicted octanol–water partition coefficient (Wildman–Crippen LogP) is 1.11. The normalized spacial score (nSPS) is 10.6. The number of methoxy groups -OCH3 is 1. The summed E-state index contributed by atoms with van der Waals surface area (Å²) < 4.78 is 10.1. The molecule has 0 radical (unpaired) electrons. The van der Waals surface area contributed by atoms with Crippen molar-refractivity contribution in [2.24, 2.45) is 0 Å². The zero-order valence-corrected chi connectivity index (χ0v) is 10.5. The molecule has 2 aromatic heterocycles. The third-order valence-corrected chi connectivity index (χ3v) is 2.45. The molecule has 18 heavy (non-hydrogen) atoms. The van der Waals surface area contributed by atoms with Gasteiger partial charge in [-0.25, -0.2) is 4.98 Å². The largest absolute Gasteiger partial charge is 0.481 e. The minimum Gasteiger partial charge on any atom is -0.481 e. The van der Waals surface area contributed by atoms with Crippen molar-refractivity contribution in [3.63, 3.8) is 0 Å². The maximum atomic E-state index is 5.17. The Balaban J connectivity index is 1.78. The van der Waals surface area contributed by atoms with Crippen molar-refractivity contribution in [1.82, 2.24) is 20.4 Å². The molecule has 0 aliphatic rings. The molecule has 6 heteroatoms. The molecule has 0 aliphatic heterocycles. The molecule has 0 atom stereocenters. The molecule has 96 valence electrons. The molecular formula is C12H16N4O2. The van der Waals surface area contributed by atoms with Gasteiger partial charge in [-0.3, -0.25) is 0 Å². The molecule has 2 heterocycles. The Morgan fingerprint density at radius 2 is 2.33 bits per heavy atom. The van der Waals surface area contributed by atoms with Crippen LogP contribution in [0.1, 0.15) is 17.3 Å². The van der Waals surface area contributed by atoms with E-state index < -0.39 is 0 Å². The highest BCUT2D eigenvalue weighted by atomic mass is 16.5. The Morgan fingerprint density at radius 1 is 1.44 bits per heavy atom. The fourth-order valence-corrected chi connectivity index (χ4v) is 1.61. The first kappa shape index (κ1) is 12.5. The Morgan fingerprint density at radius 3 is 3.06 bits per heavy atom. The van der Waals surface area contributed by atoms with E-state index in [-0.39, 0.29) is 0 Å². The highest BCUT2D eigenvalue weighted by molar-refractivity contribution is 5.24. The van der Waals surface area contributed by atoms with Gasteiger partial charge in [-0.1, -0.05) is 11.2 Å². The predicted molar refractivity (Wildman–Crippen MR) is 65.2 cm³/mol. The summed E-state index contributed by atoms with van der Waals surface area (Å²) in [5, 5.41) is 7.12. The number of aryl methyl sites for hydroxylation is 1. The van der Waals surface area contributed by atoms with Gasteiger partial charge >= 0.3 is 0 Å². The van der Waals surface area contributed by atoms with Crippen LogP contribution in [0, 0.1) is 6.92 Å². The van der Waals surface area contributed by atoms with Crippen molar-refractivity contribution in [2.45, 2.75) is 19.9 Å². The molecule has 0 unspecified atom stereocenters. The summed E-state index contributed by atoms with van der Waals surface area (Å²) >= 11 is 0. The lowest BCUT2D eigenvalue weighted by Gasteiger charge is -2.07. The molecule has 0 fully saturated rings. The van der Waals surface area contributed by atoms with E-state index in [1.807, 2.05) is 12.1 Å². The van der Waals surface area contributed by atoms with Crippen LogP contribution in [-0.4, -0.2) is 28.8 Å². The van der Waals surface area contributed by atoms with Crippen molar-refractivity contribution in [3.05, 3.63) is 35.6 Å². The molecule has 2 aromatic rings. The third-order valence-electron chi connectivity index (χ3n) is 2.45. The summed E-state index contributed by atoms with van der Waals surface area (Å²) in [5.74, 6) is 1.97. The van der Waals surface area contributed by atoms with E-state index in [1.54, 1.807) is 20.2 Å². The fourth-order valence-electron chi connectivity index (χ4n) is 1.61. The molecule has 6 nitrogen and oxygen atoms in total. The Kier molecular flexibility index (Phi) is 4.25. The van der Waals surface area contributed by atoms with Crippen LogP contribution in [0.2, 0.25) is 0 Å². The SMILES string of the molecule is COc1ncccc1CNCCc1noc(C)n1. The summed E-state index contributed by atoms with van der Waals surface area (Å²) in [7, 11) is 1.62. The van der Waals surface area contributed by atoms with Gasteiger partial charge in [0.1, 0.15) is 0 Å². The van der Waals surface area contributed by atoms with E-state index in [4.69, 9.17) is 9.26 Å². The van der Waals surface area contributed by atoms with Crippen LogP contribution in [-0.2, 0) is 13.0 Å². The molecule has 0 aliphatic carbocycles. The maximum Gasteiger partial charge on any atom is 0.223 e. The van der Waals surface area contributed by atoms with Gasteiger partial charge in [-0.2, -0.15) is 4.98 Å². The van der Waals surface area contributed by atoms with Crippen LogP contribution in [0.25, 0.3) is 0 Å². The van der Waals surface area contributed by atoms with Crippen LogP contribution in [0.4, 0.5) is 0 Å². The summed E-state index contributed by atoms with van der Waals surface area (Å²) in [4.78, 5) is 8.27. The van der Waals surface area contributed by atoms with Crippen molar-refractivity contribution in [3.8, 4) is 5.88 Å². The molecule has 0 saturated carbocycles. The van der Waals surface area contributed by atoms with Crippen LogP contribution in [0.3, 0.4) is 0 Å². The van der Waals surface area contributed by atoms with Crippen molar-refractivity contribution < 1.29 is 9.26 Å². The molecule has 1 N–H and O–H groups in total. The number of aromatic nitrogens is 3. The zero-order valence-electron chi connectivity index (χ0n) is 10.5. The van der Waals surface area contributed by atoms with E-state index in [2.05, 4.69) is 20.4 Å². The van der Waals surface area contributed by atoms with Gasteiger partial charge in [-0.05, 0) is 6.07 Å². The van der Waals surface area contributed by atoms with Crippen molar-refractivity contribution >= 4 is 0 Å². The summed E-state index contributed by atoms with van der Waals surface area (Å²) in [6.45, 7) is 3.26. The second-order valence-electron chi connectivity index (χ2n) is 3.83. The topological polar surface area (TPSA) is 73.1 Å². The monoisotopic (exact) mass is 248 g/mol. The van der Waals surface area contributed by atoms with E-state index in [9.17, 15) is 0 Å². The second-order valence-corrected chi connectivity index (χ2v) is 3.83. The summed E-state index contributed by atoms with van der Waals surface area (Å²) in [6, 6.07) is 3.87. The first-order valence-electron chi connectivity index (χ1n) is 5.77. The molecule has 2 rings (SSSR count).